The van der Waals surface area contributed by atoms with Gasteiger partial charge < -0.3 is 9.32 Å². The predicted molar refractivity (Wildman–Crippen MR) is 107 cm³/mol. The largest absolute Gasteiger partial charge is 0.452 e. The summed E-state index contributed by atoms with van der Waals surface area (Å²) in [5.41, 5.74) is 3.61. The molecule has 1 fully saturated rings. The number of hydrogen-bond acceptors (Lipinski definition) is 4. The minimum absolute atomic E-state index is 0.216. The first kappa shape index (κ1) is 16.3. The minimum Gasteiger partial charge on any atom is -0.452 e. The standard InChI is InChI=1S/C22H21N3O2/c26-22-23-19(16-8-2-1-3-9-16)21-20(17-10-4-5-11-18(17)27-21)25(22)15-14-24-12-6-7-13-24/h1-5,8-11H,6-7,12-15H2. The highest BCUT2D eigenvalue weighted by Crippen LogP contribution is 2.33. The van der Waals surface area contributed by atoms with Gasteiger partial charge in [0.25, 0.3) is 0 Å². The van der Waals surface area contributed by atoms with Gasteiger partial charge in [-0.05, 0) is 38.1 Å². The van der Waals surface area contributed by atoms with Crippen molar-refractivity contribution in [3.05, 3.63) is 65.1 Å². The second kappa shape index (κ2) is 6.67. The molecule has 0 spiro atoms. The van der Waals surface area contributed by atoms with Gasteiger partial charge in [0.2, 0.25) is 0 Å². The molecule has 27 heavy (non-hydrogen) atoms. The Balaban J connectivity index is 1.72. The van der Waals surface area contributed by atoms with E-state index in [1.165, 1.54) is 12.8 Å². The van der Waals surface area contributed by atoms with E-state index in [1.807, 2.05) is 54.6 Å². The van der Waals surface area contributed by atoms with E-state index in [0.717, 1.165) is 41.7 Å². The van der Waals surface area contributed by atoms with E-state index in [-0.39, 0.29) is 5.69 Å². The quantitative estimate of drug-likeness (QED) is 0.554. The monoisotopic (exact) mass is 359 g/mol. The Bertz CT molecular complexity index is 1150. The van der Waals surface area contributed by atoms with E-state index in [4.69, 9.17) is 4.42 Å². The van der Waals surface area contributed by atoms with Crippen molar-refractivity contribution in [2.24, 2.45) is 0 Å². The Hall–Kier alpha value is -2.92. The van der Waals surface area contributed by atoms with E-state index in [1.54, 1.807) is 4.57 Å². The van der Waals surface area contributed by atoms with Crippen molar-refractivity contribution in [1.29, 1.82) is 0 Å². The van der Waals surface area contributed by atoms with Gasteiger partial charge in [0.05, 0.1) is 0 Å². The first-order valence-electron chi connectivity index (χ1n) is 9.51. The zero-order valence-electron chi connectivity index (χ0n) is 15.1. The Labute approximate surface area is 156 Å². The topological polar surface area (TPSA) is 51.3 Å². The van der Waals surface area contributed by atoms with E-state index in [0.29, 0.717) is 17.8 Å². The van der Waals surface area contributed by atoms with E-state index in [2.05, 4.69) is 9.88 Å². The summed E-state index contributed by atoms with van der Waals surface area (Å²) in [7, 11) is 0. The van der Waals surface area contributed by atoms with Gasteiger partial charge >= 0.3 is 5.69 Å². The van der Waals surface area contributed by atoms with Crippen molar-refractivity contribution in [3.8, 4) is 11.3 Å². The molecule has 2 aromatic carbocycles. The van der Waals surface area contributed by atoms with Crippen LogP contribution in [-0.4, -0.2) is 34.1 Å². The van der Waals surface area contributed by atoms with Gasteiger partial charge in [-0.15, -0.1) is 0 Å². The van der Waals surface area contributed by atoms with Crippen LogP contribution in [0, 0.1) is 0 Å². The summed E-state index contributed by atoms with van der Waals surface area (Å²) in [6, 6.07) is 17.7. The maximum absolute atomic E-state index is 13.0. The van der Waals surface area contributed by atoms with Crippen LogP contribution in [0.25, 0.3) is 33.3 Å². The lowest BCUT2D eigenvalue weighted by molar-refractivity contribution is 0.322. The summed E-state index contributed by atoms with van der Waals surface area (Å²) < 4.78 is 7.95. The molecule has 1 aliphatic rings. The molecule has 0 saturated carbocycles. The molecule has 2 aromatic heterocycles. The number of nitrogens with zero attached hydrogens (tertiary/aromatic N) is 3. The molecule has 136 valence electrons. The maximum Gasteiger partial charge on any atom is 0.348 e. The van der Waals surface area contributed by atoms with Gasteiger partial charge in [0.1, 0.15) is 16.8 Å². The Kier molecular flexibility index (Phi) is 4.02. The highest BCUT2D eigenvalue weighted by molar-refractivity contribution is 6.06. The second-order valence-corrected chi connectivity index (χ2v) is 7.09. The van der Waals surface area contributed by atoms with Gasteiger partial charge in [-0.2, -0.15) is 4.98 Å². The first-order valence-corrected chi connectivity index (χ1v) is 9.51. The summed E-state index contributed by atoms with van der Waals surface area (Å²) in [6.07, 6.45) is 2.48. The number of fused-ring (bicyclic) bond motifs is 3. The van der Waals surface area contributed by atoms with Gasteiger partial charge in [0.15, 0.2) is 5.58 Å². The third-order valence-corrected chi connectivity index (χ3v) is 5.38. The summed E-state index contributed by atoms with van der Waals surface area (Å²) in [6.45, 7) is 3.71. The predicted octanol–water partition coefficient (Wildman–Crippen LogP) is 3.91. The van der Waals surface area contributed by atoms with Crippen LogP contribution < -0.4 is 5.69 Å². The van der Waals surface area contributed by atoms with Gasteiger partial charge in [-0.25, -0.2) is 4.79 Å². The molecule has 0 atom stereocenters. The van der Waals surface area contributed by atoms with Crippen molar-refractivity contribution >= 4 is 22.1 Å². The molecular weight excluding hydrogens is 338 g/mol. The lowest BCUT2D eigenvalue weighted by atomic mass is 10.1. The molecule has 0 aliphatic carbocycles. The van der Waals surface area contributed by atoms with Crippen LogP contribution in [0.4, 0.5) is 0 Å². The number of rotatable bonds is 4. The normalized spacial score (nSPS) is 15.1. The van der Waals surface area contributed by atoms with Crippen LogP contribution in [0.3, 0.4) is 0 Å². The van der Waals surface area contributed by atoms with Crippen LogP contribution in [-0.2, 0) is 6.54 Å². The fourth-order valence-corrected chi connectivity index (χ4v) is 4.01. The van der Waals surface area contributed by atoms with Crippen molar-refractivity contribution in [1.82, 2.24) is 14.5 Å². The number of para-hydroxylation sites is 1. The van der Waals surface area contributed by atoms with Crippen molar-refractivity contribution < 1.29 is 4.42 Å². The van der Waals surface area contributed by atoms with Crippen LogP contribution >= 0.6 is 0 Å². The molecular formula is C22H21N3O2. The molecule has 5 heteroatoms. The zero-order chi connectivity index (χ0) is 18.2. The smallest absolute Gasteiger partial charge is 0.348 e. The third-order valence-electron chi connectivity index (χ3n) is 5.38. The molecule has 3 heterocycles. The van der Waals surface area contributed by atoms with E-state index < -0.39 is 0 Å². The molecule has 0 N–H and O–H groups in total. The second-order valence-electron chi connectivity index (χ2n) is 7.09. The number of benzene rings is 2. The maximum atomic E-state index is 13.0. The number of furan rings is 1. The summed E-state index contributed by atoms with van der Waals surface area (Å²) in [5, 5.41) is 0.964. The molecule has 0 unspecified atom stereocenters. The molecule has 0 radical (unpaired) electrons. The van der Waals surface area contributed by atoms with Gasteiger partial charge in [0, 0.05) is 24.0 Å². The molecule has 0 amide bonds. The van der Waals surface area contributed by atoms with Crippen molar-refractivity contribution in [2.45, 2.75) is 19.4 Å². The summed E-state index contributed by atoms with van der Waals surface area (Å²) >= 11 is 0. The average Bonchev–Trinajstić information content (AvgIpc) is 3.35. The number of likely N-dealkylation sites (tertiary alicyclic amines) is 1. The molecule has 5 rings (SSSR count). The van der Waals surface area contributed by atoms with E-state index in [9.17, 15) is 4.79 Å². The molecule has 5 nitrogen and oxygen atoms in total. The molecule has 4 aromatic rings. The van der Waals surface area contributed by atoms with Crippen molar-refractivity contribution in [3.63, 3.8) is 0 Å². The SMILES string of the molecule is O=c1nc(-c2ccccc2)c2oc3ccccc3c2n1CCN1CCCC1. The number of hydrogen-bond donors (Lipinski definition) is 0. The highest BCUT2D eigenvalue weighted by atomic mass is 16.3. The van der Waals surface area contributed by atoms with Crippen LogP contribution in [0.15, 0.2) is 63.8 Å². The van der Waals surface area contributed by atoms with Crippen molar-refractivity contribution in [2.75, 3.05) is 19.6 Å². The average molecular weight is 359 g/mol. The molecule has 1 aliphatic heterocycles. The molecule has 0 bridgehead atoms. The Morgan fingerprint density at radius 3 is 2.48 bits per heavy atom. The van der Waals surface area contributed by atoms with Crippen LogP contribution in [0.5, 0.6) is 0 Å². The molecule has 1 saturated heterocycles. The van der Waals surface area contributed by atoms with Crippen LogP contribution in [0.2, 0.25) is 0 Å². The highest BCUT2D eigenvalue weighted by Gasteiger charge is 2.20. The van der Waals surface area contributed by atoms with Gasteiger partial charge in [-0.1, -0.05) is 42.5 Å². The summed E-state index contributed by atoms with van der Waals surface area (Å²) in [4.78, 5) is 19.8. The zero-order valence-corrected chi connectivity index (χ0v) is 15.1. The Morgan fingerprint density at radius 1 is 0.926 bits per heavy atom. The minimum atomic E-state index is -0.216. The van der Waals surface area contributed by atoms with Gasteiger partial charge in [-0.3, -0.25) is 4.57 Å². The Morgan fingerprint density at radius 2 is 1.67 bits per heavy atom. The van der Waals surface area contributed by atoms with Crippen LogP contribution in [0.1, 0.15) is 12.8 Å². The third kappa shape index (κ3) is 2.84. The lowest BCUT2D eigenvalue weighted by Crippen LogP contribution is -2.30. The number of aromatic nitrogens is 2. The lowest BCUT2D eigenvalue weighted by Gasteiger charge is -2.16. The fourth-order valence-electron chi connectivity index (χ4n) is 4.01. The first-order chi connectivity index (χ1) is 13.3. The fraction of sp³-hybridized carbons (Fsp3) is 0.273. The summed E-state index contributed by atoms with van der Waals surface area (Å²) in [5.74, 6) is 0. The van der Waals surface area contributed by atoms with E-state index >= 15 is 0 Å².